The molecule has 2 fully saturated rings. The van der Waals surface area contributed by atoms with Crippen molar-refractivity contribution in [2.75, 3.05) is 18.0 Å². The number of anilines is 1. The number of likely N-dealkylation sites (tertiary alicyclic amines) is 1. The second-order valence-electron chi connectivity index (χ2n) is 6.35. The van der Waals surface area contributed by atoms with Crippen LogP contribution in [0, 0.1) is 11.8 Å². The summed E-state index contributed by atoms with van der Waals surface area (Å²) in [5.74, 6) is -0.572. The average molecular weight is 385 g/mol. The fraction of sp³-hybridized carbons (Fsp3) is 0.263. The fourth-order valence-corrected chi connectivity index (χ4v) is 4.06. The van der Waals surface area contributed by atoms with Gasteiger partial charge in [-0.25, -0.2) is 4.90 Å². The van der Waals surface area contributed by atoms with Gasteiger partial charge in [-0.2, -0.15) is 0 Å². The van der Waals surface area contributed by atoms with Crippen LogP contribution in [0.4, 0.5) is 5.69 Å². The third kappa shape index (κ3) is 2.58. The van der Waals surface area contributed by atoms with Gasteiger partial charge in [-0.3, -0.25) is 14.5 Å². The second-order valence-corrected chi connectivity index (χ2v) is 7.20. The molecule has 0 spiro atoms. The Hall–Kier alpha value is -1.98. The Morgan fingerprint density at radius 3 is 2.08 bits per heavy atom. The first-order valence-electron chi connectivity index (χ1n) is 8.04. The van der Waals surface area contributed by atoms with E-state index in [4.69, 9.17) is 0 Å². The molecule has 2 aromatic carbocycles. The van der Waals surface area contributed by atoms with E-state index in [0.717, 1.165) is 11.0 Å². The fourth-order valence-electron chi connectivity index (χ4n) is 3.65. The van der Waals surface area contributed by atoms with Gasteiger partial charge >= 0.3 is 0 Å². The number of hydrogen-bond donors (Lipinski definition) is 0. The smallest absolute Gasteiger partial charge is 0.239 e. The number of carbonyl (C=O) groups excluding carboxylic acids is 2. The molecule has 2 aliphatic heterocycles. The lowest BCUT2D eigenvalue weighted by Gasteiger charge is -2.21. The lowest BCUT2D eigenvalue weighted by atomic mass is 10.00. The van der Waals surface area contributed by atoms with Crippen molar-refractivity contribution >= 4 is 33.4 Å². The Kier molecular flexibility index (Phi) is 3.98. The van der Waals surface area contributed by atoms with E-state index in [1.807, 2.05) is 48.5 Å². The van der Waals surface area contributed by atoms with Crippen molar-refractivity contribution in [3.8, 4) is 0 Å². The Balaban J connectivity index is 1.51. The minimum Gasteiger partial charge on any atom is -0.297 e. The van der Waals surface area contributed by atoms with Crippen LogP contribution in [-0.2, 0) is 16.1 Å². The van der Waals surface area contributed by atoms with Gasteiger partial charge in [-0.15, -0.1) is 0 Å². The molecule has 0 aliphatic carbocycles. The maximum atomic E-state index is 12.7. The van der Waals surface area contributed by atoms with E-state index in [2.05, 4.69) is 26.9 Å². The number of rotatable bonds is 3. The predicted molar refractivity (Wildman–Crippen MR) is 95.3 cm³/mol. The van der Waals surface area contributed by atoms with E-state index in [1.54, 1.807) is 0 Å². The third-order valence-corrected chi connectivity index (χ3v) is 5.61. The molecule has 2 aromatic rings. The zero-order valence-corrected chi connectivity index (χ0v) is 14.6. The van der Waals surface area contributed by atoms with Crippen molar-refractivity contribution in [2.45, 2.75) is 6.54 Å². The highest BCUT2D eigenvalue weighted by atomic mass is 79.9. The summed E-state index contributed by atoms with van der Waals surface area (Å²) >= 11 is 3.56. The summed E-state index contributed by atoms with van der Waals surface area (Å²) in [4.78, 5) is 29.0. The highest BCUT2D eigenvalue weighted by molar-refractivity contribution is 9.10. The van der Waals surface area contributed by atoms with Crippen LogP contribution in [0.3, 0.4) is 0 Å². The number of para-hydroxylation sites is 1. The van der Waals surface area contributed by atoms with Crippen LogP contribution in [0.25, 0.3) is 0 Å². The number of nitrogens with zero attached hydrogens (tertiary/aromatic N) is 2. The summed E-state index contributed by atoms with van der Waals surface area (Å²) in [5.41, 5.74) is 1.86. The Bertz CT molecular complexity index is 769. The van der Waals surface area contributed by atoms with Gasteiger partial charge in [0, 0.05) is 24.1 Å². The molecule has 0 saturated carbocycles. The van der Waals surface area contributed by atoms with E-state index in [9.17, 15) is 9.59 Å². The molecule has 4 nitrogen and oxygen atoms in total. The monoisotopic (exact) mass is 384 g/mol. The van der Waals surface area contributed by atoms with Gasteiger partial charge in [0.15, 0.2) is 0 Å². The molecule has 2 atom stereocenters. The molecule has 4 rings (SSSR count). The highest BCUT2D eigenvalue weighted by Gasteiger charge is 2.52. The molecule has 0 radical (unpaired) electrons. The largest absolute Gasteiger partial charge is 0.297 e. The first-order valence-corrected chi connectivity index (χ1v) is 8.83. The molecule has 0 bridgehead atoms. The van der Waals surface area contributed by atoms with Crippen LogP contribution in [0.1, 0.15) is 5.56 Å². The van der Waals surface area contributed by atoms with E-state index in [0.29, 0.717) is 18.8 Å². The lowest BCUT2D eigenvalue weighted by molar-refractivity contribution is -0.123. The maximum absolute atomic E-state index is 12.7. The second kappa shape index (κ2) is 6.15. The summed E-state index contributed by atoms with van der Waals surface area (Å²) < 4.78 is 1.06. The van der Waals surface area contributed by atoms with Crippen molar-refractivity contribution in [2.24, 2.45) is 11.8 Å². The minimum atomic E-state index is -0.222. The molecule has 0 N–H and O–H groups in total. The Morgan fingerprint density at radius 1 is 0.875 bits per heavy atom. The Morgan fingerprint density at radius 2 is 1.46 bits per heavy atom. The number of fused-ring (bicyclic) bond motifs is 1. The molecule has 24 heavy (non-hydrogen) atoms. The van der Waals surface area contributed by atoms with Crippen molar-refractivity contribution < 1.29 is 9.59 Å². The number of halogens is 1. The molecule has 2 heterocycles. The molecular formula is C19H17BrN2O2. The summed E-state index contributed by atoms with van der Waals surface area (Å²) in [5, 5.41) is 0. The minimum absolute atomic E-state index is 0.0640. The van der Waals surface area contributed by atoms with E-state index in [-0.39, 0.29) is 23.7 Å². The number of amides is 2. The zero-order valence-electron chi connectivity index (χ0n) is 13.1. The van der Waals surface area contributed by atoms with Crippen LogP contribution < -0.4 is 4.90 Å². The van der Waals surface area contributed by atoms with E-state index < -0.39 is 0 Å². The van der Waals surface area contributed by atoms with Gasteiger partial charge in [-0.1, -0.05) is 52.3 Å². The molecular weight excluding hydrogens is 368 g/mol. The van der Waals surface area contributed by atoms with E-state index in [1.165, 1.54) is 10.5 Å². The first-order chi connectivity index (χ1) is 11.6. The topological polar surface area (TPSA) is 40.6 Å². The number of imide groups is 1. The molecule has 2 saturated heterocycles. The molecule has 2 unspecified atom stereocenters. The van der Waals surface area contributed by atoms with Crippen molar-refractivity contribution in [1.82, 2.24) is 4.90 Å². The SMILES string of the molecule is O=C1C2CN(Cc3ccccc3Br)CC2C(=O)N1c1ccccc1. The molecule has 122 valence electrons. The van der Waals surface area contributed by atoms with Gasteiger partial charge in [0.05, 0.1) is 17.5 Å². The number of benzene rings is 2. The number of hydrogen-bond acceptors (Lipinski definition) is 3. The summed E-state index contributed by atoms with van der Waals surface area (Å²) in [6.45, 7) is 2.03. The molecule has 0 aromatic heterocycles. The quantitative estimate of drug-likeness (QED) is 0.763. The van der Waals surface area contributed by atoms with Gasteiger partial charge in [0.25, 0.3) is 0 Å². The van der Waals surface area contributed by atoms with Crippen LogP contribution in [0.2, 0.25) is 0 Å². The molecule has 2 amide bonds. The third-order valence-electron chi connectivity index (χ3n) is 4.84. The summed E-state index contributed by atoms with van der Waals surface area (Å²) in [7, 11) is 0. The standard InChI is InChI=1S/C19H17BrN2O2/c20-17-9-5-4-6-13(17)10-21-11-15-16(12-21)19(24)22(18(15)23)14-7-2-1-3-8-14/h1-9,15-16H,10-12H2. The van der Waals surface area contributed by atoms with Crippen molar-refractivity contribution in [3.05, 3.63) is 64.6 Å². The van der Waals surface area contributed by atoms with Gasteiger partial charge in [-0.05, 0) is 23.8 Å². The lowest BCUT2D eigenvalue weighted by Crippen LogP contribution is -2.35. The van der Waals surface area contributed by atoms with Crippen LogP contribution in [0.15, 0.2) is 59.1 Å². The van der Waals surface area contributed by atoms with E-state index >= 15 is 0 Å². The summed E-state index contributed by atoms with van der Waals surface area (Å²) in [6, 6.07) is 17.3. The maximum Gasteiger partial charge on any atom is 0.239 e. The highest BCUT2D eigenvalue weighted by Crippen LogP contribution is 2.37. The normalized spacial score (nSPS) is 23.8. The van der Waals surface area contributed by atoms with Gasteiger partial charge < -0.3 is 0 Å². The zero-order chi connectivity index (χ0) is 16.7. The van der Waals surface area contributed by atoms with Crippen LogP contribution in [0.5, 0.6) is 0 Å². The summed E-state index contributed by atoms with van der Waals surface area (Å²) in [6.07, 6.45) is 0. The van der Waals surface area contributed by atoms with Gasteiger partial charge in [0.2, 0.25) is 11.8 Å². The van der Waals surface area contributed by atoms with Gasteiger partial charge in [0.1, 0.15) is 0 Å². The average Bonchev–Trinajstić information content (AvgIpc) is 3.10. The number of carbonyl (C=O) groups is 2. The van der Waals surface area contributed by atoms with Crippen molar-refractivity contribution in [3.63, 3.8) is 0 Å². The Labute approximate surface area is 149 Å². The van der Waals surface area contributed by atoms with Crippen LogP contribution >= 0.6 is 15.9 Å². The van der Waals surface area contributed by atoms with Crippen LogP contribution in [-0.4, -0.2) is 29.8 Å². The first kappa shape index (κ1) is 15.5. The molecule has 5 heteroatoms. The predicted octanol–water partition coefficient (Wildman–Crippen LogP) is 3.07. The van der Waals surface area contributed by atoms with Crippen molar-refractivity contribution in [1.29, 1.82) is 0 Å². The molecule has 2 aliphatic rings.